The monoisotopic (exact) mass is 702 g/mol. The van der Waals surface area contributed by atoms with Gasteiger partial charge in [-0.05, 0) is 51.1 Å². The summed E-state index contributed by atoms with van der Waals surface area (Å²) in [6, 6.07) is 11.3. The second-order valence-corrected chi connectivity index (χ2v) is 16.6. The molecule has 0 spiro atoms. The van der Waals surface area contributed by atoms with E-state index in [4.69, 9.17) is 0 Å². The molecule has 0 atom stereocenters. The summed E-state index contributed by atoms with van der Waals surface area (Å²) >= 11 is 0. The van der Waals surface area contributed by atoms with Crippen molar-refractivity contribution in [2.24, 2.45) is 0 Å². The summed E-state index contributed by atoms with van der Waals surface area (Å²) in [5.74, 6) is -3.17. The van der Waals surface area contributed by atoms with E-state index in [2.05, 4.69) is 29.7 Å². The zero-order valence-corrected chi connectivity index (χ0v) is 31.6. The molecular weight excluding hydrogens is 648 g/mol. The van der Waals surface area contributed by atoms with E-state index in [1.807, 2.05) is 98.7 Å². The van der Waals surface area contributed by atoms with Crippen LogP contribution in [0.3, 0.4) is 0 Å². The fourth-order valence-electron chi connectivity index (χ4n) is 6.41. The lowest BCUT2D eigenvalue weighted by molar-refractivity contribution is 0.0676. The summed E-state index contributed by atoms with van der Waals surface area (Å²) < 4.78 is 0. The normalized spacial score (nSPS) is 15.9. The van der Waals surface area contributed by atoms with Gasteiger partial charge in [-0.25, -0.2) is 29.3 Å². The van der Waals surface area contributed by atoms with Crippen molar-refractivity contribution >= 4 is 17.9 Å². The fraction of sp³-hybridized carbons (Fsp3) is 0.538. The first kappa shape index (κ1) is 39.5. The first-order chi connectivity index (χ1) is 23.6. The number of nitrogens with zero attached hydrogens (tertiary/aromatic N) is 6. The molecule has 3 N–H and O–H groups in total. The van der Waals surface area contributed by atoms with E-state index < -0.39 is 17.9 Å². The fourth-order valence-corrected chi connectivity index (χ4v) is 6.41. The number of carboxylic acids is 3. The SMILES string of the molecule is CC(C)(C)c1ccc(CN2CCN(Cc3ccc(C(C)(C)C)c(C(=O)O)n3)CCN(Cc3ccc(C(C)(C)C)c(C(=O)O)n3)CC2)nc1C(=O)O. The highest BCUT2D eigenvalue weighted by atomic mass is 16.4. The maximum atomic E-state index is 12.2. The van der Waals surface area contributed by atoms with Crippen molar-refractivity contribution in [3.8, 4) is 0 Å². The quantitative estimate of drug-likeness (QED) is 0.251. The highest BCUT2D eigenvalue weighted by Gasteiger charge is 2.27. The van der Waals surface area contributed by atoms with Gasteiger partial charge in [-0.2, -0.15) is 0 Å². The number of carboxylic acid groups (broad SMARTS) is 3. The number of hydrogen-bond donors (Lipinski definition) is 3. The molecule has 1 aliphatic heterocycles. The molecule has 0 aromatic carbocycles. The Morgan fingerprint density at radius 1 is 0.471 bits per heavy atom. The first-order valence-electron chi connectivity index (χ1n) is 17.5. The third-order valence-electron chi connectivity index (χ3n) is 9.24. The van der Waals surface area contributed by atoms with Crippen LogP contribution < -0.4 is 0 Å². The Labute approximate surface area is 301 Å². The van der Waals surface area contributed by atoms with Crippen molar-refractivity contribution in [1.82, 2.24) is 29.7 Å². The number of hydrogen-bond acceptors (Lipinski definition) is 9. The van der Waals surface area contributed by atoms with E-state index in [0.29, 0.717) is 92.7 Å². The average Bonchev–Trinajstić information content (AvgIpc) is 3.10. The molecule has 12 nitrogen and oxygen atoms in total. The highest BCUT2D eigenvalue weighted by molar-refractivity contribution is 5.88. The van der Waals surface area contributed by atoms with Gasteiger partial charge in [0.1, 0.15) is 0 Å². The van der Waals surface area contributed by atoms with Gasteiger partial charge in [-0.15, -0.1) is 0 Å². The van der Waals surface area contributed by atoms with E-state index in [1.54, 1.807) is 0 Å². The van der Waals surface area contributed by atoms with Gasteiger partial charge in [0.05, 0.1) is 17.1 Å². The summed E-state index contributed by atoms with van der Waals surface area (Å²) in [6.07, 6.45) is 0. The predicted molar refractivity (Wildman–Crippen MR) is 196 cm³/mol. The Bertz CT molecular complexity index is 1540. The van der Waals surface area contributed by atoms with E-state index in [1.165, 1.54) is 0 Å². The lowest BCUT2D eigenvalue weighted by Crippen LogP contribution is -2.36. The van der Waals surface area contributed by atoms with Crippen LogP contribution in [0.1, 0.15) is 128 Å². The van der Waals surface area contributed by atoms with Gasteiger partial charge in [-0.1, -0.05) is 80.5 Å². The largest absolute Gasteiger partial charge is 0.477 e. The second kappa shape index (κ2) is 15.5. The Balaban J connectivity index is 1.64. The molecule has 0 amide bonds. The van der Waals surface area contributed by atoms with Crippen LogP contribution in [0.5, 0.6) is 0 Å². The van der Waals surface area contributed by atoms with E-state index in [9.17, 15) is 29.7 Å². The van der Waals surface area contributed by atoms with Crippen LogP contribution >= 0.6 is 0 Å². The lowest BCUT2D eigenvalue weighted by atomic mass is 9.85. The van der Waals surface area contributed by atoms with Gasteiger partial charge in [-0.3, -0.25) is 14.7 Å². The summed E-state index contributed by atoms with van der Waals surface area (Å²) in [7, 11) is 0. The second-order valence-electron chi connectivity index (χ2n) is 16.6. The molecule has 1 fully saturated rings. The zero-order chi connectivity index (χ0) is 37.9. The van der Waals surface area contributed by atoms with Crippen molar-refractivity contribution in [3.05, 3.63) is 87.3 Å². The molecule has 0 aliphatic carbocycles. The smallest absolute Gasteiger partial charge is 0.354 e. The van der Waals surface area contributed by atoms with Gasteiger partial charge in [0.25, 0.3) is 0 Å². The standard InChI is InChI=1S/C39H54N6O6/c1-37(2,3)28-13-10-25(40-31(28)34(46)47)22-43-16-18-44(23-26-11-14-29(38(4,5)6)32(41-26)35(48)49)20-21-45(19-17-43)24-27-12-15-30(39(7,8)9)33(42-27)36(50)51/h10-15H,16-24H2,1-9H3,(H,46,47)(H,48,49)(H,50,51). The van der Waals surface area contributed by atoms with Crippen molar-refractivity contribution in [2.75, 3.05) is 39.3 Å². The Morgan fingerprint density at radius 2 is 0.686 bits per heavy atom. The minimum atomic E-state index is -1.06. The number of rotatable bonds is 9. The van der Waals surface area contributed by atoms with Crippen LogP contribution in [0, 0.1) is 0 Å². The molecule has 0 saturated carbocycles. The third-order valence-corrected chi connectivity index (χ3v) is 9.24. The summed E-state index contributed by atoms with van der Waals surface area (Å²) in [6.45, 7) is 23.0. The van der Waals surface area contributed by atoms with Crippen LogP contribution in [0.25, 0.3) is 0 Å². The highest BCUT2D eigenvalue weighted by Crippen LogP contribution is 2.28. The summed E-state index contributed by atoms with van der Waals surface area (Å²) in [4.78, 5) is 57.1. The Morgan fingerprint density at radius 3 is 0.863 bits per heavy atom. The molecule has 3 aromatic heterocycles. The first-order valence-corrected chi connectivity index (χ1v) is 17.5. The minimum Gasteiger partial charge on any atom is -0.477 e. The molecule has 1 aliphatic rings. The van der Waals surface area contributed by atoms with Gasteiger partial charge in [0.15, 0.2) is 17.1 Å². The molecule has 1 saturated heterocycles. The third kappa shape index (κ3) is 10.4. The van der Waals surface area contributed by atoms with Crippen molar-refractivity contribution in [3.63, 3.8) is 0 Å². The number of aromatic carboxylic acids is 3. The van der Waals surface area contributed by atoms with Gasteiger partial charge in [0.2, 0.25) is 0 Å². The maximum absolute atomic E-state index is 12.2. The van der Waals surface area contributed by atoms with Crippen LogP contribution in [-0.4, -0.2) is 102 Å². The number of pyridine rings is 3. The average molecular weight is 703 g/mol. The van der Waals surface area contributed by atoms with Crippen molar-refractivity contribution in [2.45, 2.75) is 98.2 Å². The molecule has 0 bridgehead atoms. The zero-order valence-electron chi connectivity index (χ0n) is 31.6. The molecule has 0 radical (unpaired) electrons. The number of carbonyl (C=O) groups is 3. The van der Waals surface area contributed by atoms with Crippen molar-refractivity contribution in [1.29, 1.82) is 0 Å². The topological polar surface area (TPSA) is 160 Å². The molecule has 4 rings (SSSR count). The number of aromatic nitrogens is 3. The van der Waals surface area contributed by atoms with E-state index in [0.717, 1.165) is 0 Å². The van der Waals surface area contributed by atoms with Gasteiger partial charge < -0.3 is 15.3 Å². The molecule has 4 heterocycles. The Hall–Kier alpha value is -4.26. The molecule has 12 heteroatoms. The van der Waals surface area contributed by atoms with Crippen LogP contribution in [0.4, 0.5) is 0 Å². The van der Waals surface area contributed by atoms with Crippen LogP contribution in [0.2, 0.25) is 0 Å². The predicted octanol–water partition coefficient (Wildman–Crippen LogP) is 5.68. The van der Waals surface area contributed by atoms with Gasteiger partial charge in [0, 0.05) is 58.9 Å². The molecule has 276 valence electrons. The summed E-state index contributed by atoms with van der Waals surface area (Å²) in [5, 5.41) is 30.0. The minimum absolute atomic E-state index is 0.0607. The van der Waals surface area contributed by atoms with Crippen LogP contribution in [-0.2, 0) is 35.9 Å². The molecule has 0 unspecified atom stereocenters. The van der Waals surface area contributed by atoms with Gasteiger partial charge >= 0.3 is 17.9 Å². The molecular formula is C39H54N6O6. The van der Waals surface area contributed by atoms with Crippen molar-refractivity contribution < 1.29 is 29.7 Å². The molecule has 3 aromatic rings. The summed E-state index contributed by atoms with van der Waals surface area (Å²) in [5.41, 5.74) is 3.07. The molecule has 51 heavy (non-hydrogen) atoms. The van der Waals surface area contributed by atoms with Crippen LogP contribution in [0.15, 0.2) is 36.4 Å². The lowest BCUT2D eigenvalue weighted by Gasteiger charge is -2.27. The van der Waals surface area contributed by atoms with E-state index in [-0.39, 0.29) is 33.3 Å². The maximum Gasteiger partial charge on any atom is 0.354 e. The van der Waals surface area contributed by atoms with E-state index >= 15 is 0 Å². The Kier molecular flexibility index (Phi) is 12.0.